The van der Waals surface area contributed by atoms with Crippen LogP contribution in [0.25, 0.3) is 6.08 Å². The highest BCUT2D eigenvalue weighted by molar-refractivity contribution is 7.09. The molecule has 0 bridgehead atoms. The number of hydrogen-bond acceptors (Lipinski definition) is 6. The molecule has 0 aliphatic carbocycles. The van der Waals surface area contributed by atoms with E-state index in [0.717, 1.165) is 22.1 Å². The summed E-state index contributed by atoms with van der Waals surface area (Å²) in [6.45, 7) is 0.459. The van der Waals surface area contributed by atoms with Crippen LogP contribution in [0.2, 0.25) is 5.02 Å². The SMILES string of the molecule is COc1ccc(/C=C/C(=O)OCc2csc(COc3ccc(Cl)cc3)n2)cc1. The molecule has 0 radical (unpaired) electrons. The van der Waals surface area contributed by atoms with Crippen LogP contribution in [0, 0.1) is 0 Å². The van der Waals surface area contributed by atoms with E-state index in [9.17, 15) is 4.79 Å². The summed E-state index contributed by atoms with van der Waals surface area (Å²) in [5.41, 5.74) is 1.57. The van der Waals surface area contributed by atoms with E-state index < -0.39 is 5.97 Å². The molecular formula is C21H18ClNO4S. The molecular weight excluding hydrogens is 398 g/mol. The van der Waals surface area contributed by atoms with Gasteiger partial charge < -0.3 is 14.2 Å². The molecule has 2 aromatic carbocycles. The second-order valence-corrected chi connectivity index (χ2v) is 7.07. The monoisotopic (exact) mass is 415 g/mol. The van der Waals surface area contributed by atoms with E-state index in [1.165, 1.54) is 17.4 Å². The lowest BCUT2D eigenvalue weighted by Gasteiger charge is -2.03. The predicted octanol–water partition coefficient (Wildman–Crippen LogP) is 5.14. The number of nitrogens with zero attached hydrogens (tertiary/aromatic N) is 1. The second-order valence-electron chi connectivity index (χ2n) is 5.69. The molecule has 0 aliphatic heterocycles. The summed E-state index contributed by atoms with van der Waals surface area (Å²) in [6, 6.07) is 14.5. The summed E-state index contributed by atoms with van der Waals surface area (Å²) >= 11 is 7.30. The Hall–Kier alpha value is -2.83. The Bertz CT molecular complexity index is 936. The molecule has 0 saturated heterocycles. The minimum absolute atomic E-state index is 0.114. The van der Waals surface area contributed by atoms with Gasteiger partial charge in [0.25, 0.3) is 0 Å². The fraction of sp³-hybridized carbons (Fsp3) is 0.143. The molecule has 1 heterocycles. The van der Waals surface area contributed by atoms with Crippen molar-refractivity contribution in [1.82, 2.24) is 4.98 Å². The van der Waals surface area contributed by atoms with E-state index in [-0.39, 0.29) is 6.61 Å². The molecule has 0 N–H and O–H groups in total. The van der Waals surface area contributed by atoms with Crippen molar-refractivity contribution in [2.24, 2.45) is 0 Å². The highest BCUT2D eigenvalue weighted by atomic mass is 35.5. The number of benzene rings is 2. The first kappa shape index (κ1) is 19.9. The van der Waals surface area contributed by atoms with Crippen LogP contribution in [0.3, 0.4) is 0 Å². The Morgan fingerprint density at radius 1 is 1.07 bits per heavy atom. The van der Waals surface area contributed by atoms with Crippen LogP contribution in [0.4, 0.5) is 0 Å². The summed E-state index contributed by atoms with van der Waals surface area (Å²) in [5, 5.41) is 3.31. The van der Waals surface area contributed by atoms with Crippen molar-refractivity contribution in [3.63, 3.8) is 0 Å². The average molecular weight is 416 g/mol. The van der Waals surface area contributed by atoms with Crippen molar-refractivity contribution in [3.05, 3.63) is 81.3 Å². The van der Waals surface area contributed by atoms with E-state index >= 15 is 0 Å². The van der Waals surface area contributed by atoms with Crippen molar-refractivity contribution in [3.8, 4) is 11.5 Å². The summed E-state index contributed by atoms with van der Waals surface area (Å²) in [7, 11) is 1.61. The van der Waals surface area contributed by atoms with E-state index in [2.05, 4.69) is 4.98 Å². The highest BCUT2D eigenvalue weighted by Gasteiger charge is 2.06. The molecule has 0 fully saturated rings. The lowest BCUT2D eigenvalue weighted by atomic mass is 10.2. The van der Waals surface area contributed by atoms with Gasteiger partial charge in [-0.15, -0.1) is 11.3 Å². The van der Waals surface area contributed by atoms with Gasteiger partial charge in [-0.2, -0.15) is 0 Å². The number of halogens is 1. The number of rotatable bonds is 8. The van der Waals surface area contributed by atoms with Gasteiger partial charge in [0.1, 0.15) is 29.7 Å². The van der Waals surface area contributed by atoms with Gasteiger partial charge >= 0.3 is 5.97 Å². The van der Waals surface area contributed by atoms with Crippen LogP contribution in [-0.2, 0) is 22.7 Å². The third-order valence-corrected chi connectivity index (χ3v) is 4.79. The molecule has 144 valence electrons. The summed E-state index contributed by atoms with van der Waals surface area (Å²) in [6.07, 6.45) is 3.08. The maximum absolute atomic E-state index is 11.9. The summed E-state index contributed by atoms with van der Waals surface area (Å²) < 4.78 is 16.0. The van der Waals surface area contributed by atoms with E-state index in [1.54, 1.807) is 37.5 Å². The molecule has 1 aromatic heterocycles. The number of hydrogen-bond donors (Lipinski definition) is 0. The van der Waals surface area contributed by atoms with Crippen LogP contribution in [0.5, 0.6) is 11.5 Å². The Morgan fingerprint density at radius 3 is 2.50 bits per heavy atom. The Labute approximate surface area is 172 Å². The molecule has 3 aromatic rings. The first-order valence-electron chi connectivity index (χ1n) is 8.43. The number of ether oxygens (including phenoxy) is 3. The van der Waals surface area contributed by atoms with Gasteiger partial charge in [0.05, 0.1) is 12.8 Å². The Kier molecular flexibility index (Phi) is 7.06. The normalized spacial score (nSPS) is 10.8. The molecule has 0 unspecified atom stereocenters. The van der Waals surface area contributed by atoms with Gasteiger partial charge in [-0.25, -0.2) is 9.78 Å². The van der Waals surface area contributed by atoms with E-state index in [4.69, 9.17) is 25.8 Å². The van der Waals surface area contributed by atoms with Gasteiger partial charge in [-0.3, -0.25) is 0 Å². The Balaban J connectivity index is 1.44. The number of methoxy groups -OCH3 is 1. The first-order valence-corrected chi connectivity index (χ1v) is 9.68. The predicted molar refractivity (Wildman–Crippen MR) is 110 cm³/mol. The zero-order valence-electron chi connectivity index (χ0n) is 15.1. The fourth-order valence-corrected chi connectivity index (χ4v) is 3.05. The van der Waals surface area contributed by atoms with E-state index in [0.29, 0.717) is 17.3 Å². The smallest absolute Gasteiger partial charge is 0.331 e. The van der Waals surface area contributed by atoms with Crippen molar-refractivity contribution in [2.45, 2.75) is 13.2 Å². The van der Waals surface area contributed by atoms with Crippen LogP contribution >= 0.6 is 22.9 Å². The lowest BCUT2D eigenvalue weighted by molar-refractivity contribution is -0.139. The minimum Gasteiger partial charge on any atom is -0.497 e. The van der Waals surface area contributed by atoms with E-state index in [1.807, 2.05) is 29.6 Å². The van der Waals surface area contributed by atoms with Gasteiger partial charge in [0.2, 0.25) is 0 Å². The quantitative estimate of drug-likeness (QED) is 0.376. The van der Waals surface area contributed by atoms with Crippen LogP contribution in [-0.4, -0.2) is 18.1 Å². The summed E-state index contributed by atoms with van der Waals surface area (Å²) in [5.74, 6) is 1.05. The maximum atomic E-state index is 11.9. The molecule has 28 heavy (non-hydrogen) atoms. The van der Waals surface area contributed by atoms with Crippen LogP contribution < -0.4 is 9.47 Å². The zero-order chi connectivity index (χ0) is 19.8. The molecule has 0 spiro atoms. The number of carbonyl (C=O) groups is 1. The first-order chi connectivity index (χ1) is 13.6. The molecule has 5 nitrogen and oxygen atoms in total. The largest absolute Gasteiger partial charge is 0.497 e. The van der Waals surface area contributed by atoms with Crippen molar-refractivity contribution in [1.29, 1.82) is 0 Å². The number of esters is 1. The standard InChI is InChI=1S/C21H18ClNO4S/c1-25-18-7-2-15(3-8-18)4-11-21(24)27-12-17-14-28-20(23-17)13-26-19-9-5-16(22)6-10-19/h2-11,14H,12-13H2,1H3/b11-4+. The maximum Gasteiger partial charge on any atom is 0.331 e. The second kappa shape index (κ2) is 9.92. The third-order valence-electron chi connectivity index (χ3n) is 3.67. The third kappa shape index (κ3) is 6.11. The van der Waals surface area contributed by atoms with Crippen molar-refractivity contribution in [2.75, 3.05) is 7.11 Å². The van der Waals surface area contributed by atoms with Gasteiger partial charge in [-0.05, 0) is 48.0 Å². The number of thiazole rings is 1. The van der Waals surface area contributed by atoms with Crippen LogP contribution in [0.1, 0.15) is 16.3 Å². The molecule has 0 aliphatic rings. The number of carbonyl (C=O) groups excluding carboxylic acids is 1. The lowest BCUT2D eigenvalue weighted by Crippen LogP contribution is -2.01. The van der Waals surface area contributed by atoms with Crippen molar-refractivity contribution < 1.29 is 19.0 Å². The minimum atomic E-state index is -0.428. The van der Waals surface area contributed by atoms with Crippen molar-refractivity contribution >= 4 is 35.0 Å². The molecule has 0 atom stereocenters. The molecule has 7 heteroatoms. The average Bonchev–Trinajstić information content (AvgIpc) is 3.18. The molecule has 0 saturated carbocycles. The topological polar surface area (TPSA) is 57.7 Å². The molecule has 0 amide bonds. The van der Waals surface area contributed by atoms with Gasteiger partial charge in [-0.1, -0.05) is 23.7 Å². The van der Waals surface area contributed by atoms with Gasteiger partial charge in [0, 0.05) is 16.5 Å². The summed E-state index contributed by atoms with van der Waals surface area (Å²) in [4.78, 5) is 16.3. The molecule has 3 rings (SSSR count). The van der Waals surface area contributed by atoms with Crippen LogP contribution in [0.15, 0.2) is 60.0 Å². The fourth-order valence-electron chi connectivity index (χ4n) is 2.23. The highest BCUT2D eigenvalue weighted by Crippen LogP contribution is 2.18. The number of aromatic nitrogens is 1. The zero-order valence-corrected chi connectivity index (χ0v) is 16.7. The van der Waals surface area contributed by atoms with Gasteiger partial charge in [0.15, 0.2) is 0 Å². The Morgan fingerprint density at radius 2 is 1.79 bits per heavy atom.